The fourth-order valence-corrected chi connectivity index (χ4v) is 2.41. The van der Waals surface area contributed by atoms with Gasteiger partial charge in [0.25, 0.3) is 0 Å². The predicted octanol–water partition coefficient (Wildman–Crippen LogP) is 1.78. The van der Waals surface area contributed by atoms with Crippen molar-refractivity contribution in [3.8, 4) is 0 Å². The highest BCUT2D eigenvalue weighted by Gasteiger charge is 2.58. The number of fused-ring (bicyclic) bond motifs is 1. The van der Waals surface area contributed by atoms with Crippen molar-refractivity contribution in [3.05, 3.63) is 0 Å². The van der Waals surface area contributed by atoms with Crippen molar-refractivity contribution < 1.29 is 9.53 Å². The zero-order valence-electron chi connectivity index (χ0n) is 7.64. The van der Waals surface area contributed by atoms with Crippen molar-refractivity contribution in [1.29, 1.82) is 0 Å². The molecule has 12 heavy (non-hydrogen) atoms. The summed E-state index contributed by atoms with van der Waals surface area (Å²) in [4.78, 5) is 11.3. The molecule has 0 saturated heterocycles. The molecule has 2 atom stereocenters. The summed E-state index contributed by atoms with van der Waals surface area (Å²) in [7, 11) is 0. The highest BCUT2D eigenvalue weighted by molar-refractivity contribution is 5.85. The third kappa shape index (κ3) is 1.18. The number of rotatable bonds is 3. The average Bonchev–Trinajstić information content (AvgIpc) is 2.78. The fourth-order valence-electron chi connectivity index (χ4n) is 2.41. The molecule has 0 aliphatic heterocycles. The molecule has 0 aromatic rings. The second-order valence-electron chi connectivity index (χ2n) is 4.08. The van der Waals surface area contributed by atoms with Crippen LogP contribution >= 0.6 is 0 Å². The van der Waals surface area contributed by atoms with Crippen molar-refractivity contribution in [1.82, 2.24) is 0 Å². The average molecular weight is 168 g/mol. The van der Waals surface area contributed by atoms with Crippen LogP contribution in [0, 0.1) is 11.3 Å². The molecule has 2 unspecified atom stereocenters. The van der Waals surface area contributed by atoms with Gasteiger partial charge in [-0.1, -0.05) is 0 Å². The first-order valence-electron chi connectivity index (χ1n) is 4.89. The number of ether oxygens (including phenoxy) is 1. The maximum Gasteiger partial charge on any atom is 0.136 e. The highest BCUT2D eigenvalue weighted by atomic mass is 16.5. The maximum absolute atomic E-state index is 11.3. The lowest BCUT2D eigenvalue weighted by atomic mass is 9.88. The Morgan fingerprint density at radius 2 is 2.50 bits per heavy atom. The lowest BCUT2D eigenvalue weighted by Crippen LogP contribution is -2.21. The standard InChI is InChI=1S/C10H16O2/c1-2-12-7-10-5-3-4-9(11)8(10)6-10/h8H,2-7H2,1H3. The smallest absolute Gasteiger partial charge is 0.136 e. The van der Waals surface area contributed by atoms with Gasteiger partial charge in [0.05, 0.1) is 6.61 Å². The van der Waals surface area contributed by atoms with Crippen LogP contribution in [0.2, 0.25) is 0 Å². The van der Waals surface area contributed by atoms with Crippen molar-refractivity contribution in [3.63, 3.8) is 0 Å². The normalized spacial score (nSPS) is 39.4. The summed E-state index contributed by atoms with van der Waals surface area (Å²) in [5, 5.41) is 0. The van der Waals surface area contributed by atoms with E-state index < -0.39 is 0 Å². The summed E-state index contributed by atoms with van der Waals surface area (Å²) >= 11 is 0. The van der Waals surface area contributed by atoms with E-state index in [9.17, 15) is 4.79 Å². The Morgan fingerprint density at radius 1 is 1.67 bits per heavy atom. The van der Waals surface area contributed by atoms with E-state index in [2.05, 4.69) is 0 Å². The Hall–Kier alpha value is -0.370. The Labute approximate surface area is 73.3 Å². The van der Waals surface area contributed by atoms with Gasteiger partial charge in [0, 0.05) is 24.4 Å². The minimum absolute atomic E-state index is 0.297. The summed E-state index contributed by atoms with van der Waals surface area (Å²) in [6.45, 7) is 3.61. The summed E-state index contributed by atoms with van der Waals surface area (Å²) in [6.07, 6.45) is 4.22. The van der Waals surface area contributed by atoms with Crippen LogP contribution in [-0.2, 0) is 9.53 Å². The van der Waals surface area contributed by atoms with Crippen molar-refractivity contribution in [2.75, 3.05) is 13.2 Å². The van der Waals surface area contributed by atoms with Gasteiger partial charge in [0.15, 0.2) is 0 Å². The number of hydrogen-bond donors (Lipinski definition) is 0. The zero-order valence-corrected chi connectivity index (χ0v) is 7.64. The first kappa shape index (κ1) is 8.24. The number of carbonyl (C=O) groups is 1. The lowest BCUT2D eigenvalue weighted by Gasteiger charge is -2.20. The second kappa shape index (κ2) is 2.84. The van der Waals surface area contributed by atoms with Crippen LogP contribution in [0.1, 0.15) is 32.6 Å². The van der Waals surface area contributed by atoms with E-state index in [1.165, 1.54) is 6.42 Å². The molecule has 68 valence electrons. The molecule has 0 N–H and O–H groups in total. The first-order chi connectivity index (χ1) is 5.78. The molecule has 2 saturated carbocycles. The van der Waals surface area contributed by atoms with E-state index >= 15 is 0 Å². The molecule has 0 aromatic carbocycles. The van der Waals surface area contributed by atoms with Crippen LogP contribution in [-0.4, -0.2) is 19.0 Å². The Kier molecular flexibility index (Phi) is 1.95. The van der Waals surface area contributed by atoms with E-state index in [1.807, 2.05) is 6.92 Å². The predicted molar refractivity (Wildman–Crippen MR) is 45.9 cm³/mol. The summed E-state index contributed by atoms with van der Waals surface area (Å²) in [6, 6.07) is 0. The number of Topliss-reactive ketones (excluding diaryl/α,β-unsaturated/α-hetero) is 1. The molecular formula is C10H16O2. The molecule has 0 aromatic heterocycles. The summed E-state index contributed by atoms with van der Waals surface area (Å²) in [5.41, 5.74) is 0.297. The molecule has 2 aliphatic rings. The van der Waals surface area contributed by atoms with Gasteiger partial charge in [-0.05, 0) is 26.2 Å². The second-order valence-corrected chi connectivity index (χ2v) is 4.08. The van der Waals surface area contributed by atoms with Crippen LogP contribution in [0.25, 0.3) is 0 Å². The van der Waals surface area contributed by atoms with Crippen LogP contribution in [0.4, 0.5) is 0 Å². The fraction of sp³-hybridized carbons (Fsp3) is 0.900. The van der Waals surface area contributed by atoms with Gasteiger partial charge in [-0.15, -0.1) is 0 Å². The molecule has 2 fully saturated rings. The Balaban J connectivity index is 1.92. The number of carbonyl (C=O) groups excluding carboxylic acids is 1. The molecule has 0 bridgehead atoms. The quantitative estimate of drug-likeness (QED) is 0.642. The highest BCUT2D eigenvalue weighted by Crippen LogP contribution is 2.59. The minimum Gasteiger partial charge on any atom is -0.381 e. The van der Waals surface area contributed by atoms with Crippen LogP contribution in [0.15, 0.2) is 0 Å². The molecule has 2 nitrogen and oxygen atoms in total. The monoisotopic (exact) mass is 168 g/mol. The van der Waals surface area contributed by atoms with Gasteiger partial charge in [0.2, 0.25) is 0 Å². The van der Waals surface area contributed by atoms with Crippen molar-refractivity contribution in [2.24, 2.45) is 11.3 Å². The maximum atomic E-state index is 11.3. The zero-order chi connectivity index (χ0) is 8.60. The van der Waals surface area contributed by atoms with E-state index in [4.69, 9.17) is 4.74 Å². The van der Waals surface area contributed by atoms with Crippen molar-refractivity contribution >= 4 is 5.78 Å². The molecule has 2 heteroatoms. The van der Waals surface area contributed by atoms with E-state index in [1.54, 1.807) is 0 Å². The molecule has 2 aliphatic carbocycles. The van der Waals surface area contributed by atoms with Gasteiger partial charge in [-0.25, -0.2) is 0 Å². The molecule has 0 heterocycles. The molecule has 0 amide bonds. The van der Waals surface area contributed by atoms with E-state index in [0.29, 0.717) is 17.1 Å². The summed E-state index contributed by atoms with van der Waals surface area (Å²) in [5.74, 6) is 0.860. The third-order valence-corrected chi connectivity index (χ3v) is 3.27. The van der Waals surface area contributed by atoms with Gasteiger partial charge in [-0.2, -0.15) is 0 Å². The van der Waals surface area contributed by atoms with Crippen LogP contribution in [0.5, 0.6) is 0 Å². The number of hydrogen-bond acceptors (Lipinski definition) is 2. The van der Waals surface area contributed by atoms with E-state index in [-0.39, 0.29) is 0 Å². The molecule has 2 rings (SSSR count). The first-order valence-corrected chi connectivity index (χ1v) is 4.89. The van der Waals surface area contributed by atoms with Gasteiger partial charge < -0.3 is 4.74 Å². The summed E-state index contributed by atoms with van der Waals surface area (Å²) < 4.78 is 5.41. The minimum atomic E-state index is 0.297. The lowest BCUT2D eigenvalue weighted by molar-refractivity contribution is -0.123. The third-order valence-electron chi connectivity index (χ3n) is 3.27. The van der Waals surface area contributed by atoms with Crippen LogP contribution < -0.4 is 0 Å². The SMILES string of the molecule is CCOCC12CCCC(=O)C1C2. The topological polar surface area (TPSA) is 26.3 Å². The van der Waals surface area contributed by atoms with Crippen molar-refractivity contribution in [2.45, 2.75) is 32.6 Å². The number of ketones is 1. The van der Waals surface area contributed by atoms with E-state index in [0.717, 1.165) is 32.5 Å². The molecule has 0 radical (unpaired) electrons. The largest absolute Gasteiger partial charge is 0.381 e. The molecular weight excluding hydrogens is 152 g/mol. The van der Waals surface area contributed by atoms with Gasteiger partial charge in [-0.3, -0.25) is 4.79 Å². The Morgan fingerprint density at radius 3 is 3.25 bits per heavy atom. The molecule has 0 spiro atoms. The van der Waals surface area contributed by atoms with Gasteiger partial charge >= 0.3 is 0 Å². The van der Waals surface area contributed by atoms with Gasteiger partial charge in [0.1, 0.15) is 5.78 Å². The van der Waals surface area contributed by atoms with Crippen LogP contribution in [0.3, 0.4) is 0 Å². The Bertz CT molecular complexity index is 200.